The molecule has 0 bridgehead atoms. The predicted molar refractivity (Wildman–Crippen MR) is 80.6 cm³/mol. The Balaban J connectivity index is 1.61. The number of piperidine rings is 1. The van der Waals surface area contributed by atoms with Crippen LogP contribution in [0.4, 0.5) is 5.95 Å². The van der Waals surface area contributed by atoms with E-state index < -0.39 is 0 Å². The molecule has 2 saturated heterocycles. The molecule has 0 aliphatic carbocycles. The zero-order valence-electron chi connectivity index (χ0n) is 12.8. The van der Waals surface area contributed by atoms with Crippen molar-refractivity contribution in [2.75, 3.05) is 31.7 Å². The molecular weight excluding hydrogens is 284 g/mol. The number of ether oxygens (including phenoxy) is 2. The van der Waals surface area contributed by atoms with Crippen LogP contribution in [-0.2, 0) is 9.53 Å². The van der Waals surface area contributed by atoms with E-state index in [1.807, 2.05) is 0 Å². The highest BCUT2D eigenvalue weighted by atomic mass is 16.5. The number of carbonyl (C=O) groups is 1. The van der Waals surface area contributed by atoms with Crippen molar-refractivity contribution < 1.29 is 14.3 Å². The molecule has 7 heteroatoms. The highest BCUT2D eigenvalue weighted by Crippen LogP contribution is 2.33. The van der Waals surface area contributed by atoms with Crippen molar-refractivity contribution in [1.29, 1.82) is 0 Å². The molecule has 120 valence electrons. The van der Waals surface area contributed by atoms with Crippen molar-refractivity contribution in [3.8, 4) is 5.88 Å². The van der Waals surface area contributed by atoms with Crippen LogP contribution in [0.25, 0.3) is 0 Å². The molecule has 0 saturated carbocycles. The fraction of sp³-hybridized carbons (Fsp3) is 0.667. The van der Waals surface area contributed by atoms with Gasteiger partial charge in [-0.05, 0) is 25.2 Å². The lowest BCUT2D eigenvalue weighted by atomic mass is 9.84. The van der Waals surface area contributed by atoms with E-state index in [0.717, 1.165) is 32.4 Å². The lowest BCUT2D eigenvalue weighted by Crippen LogP contribution is -2.42. The third kappa shape index (κ3) is 2.99. The van der Waals surface area contributed by atoms with E-state index in [-0.39, 0.29) is 17.9 Å². The van der Waals surface area contributed by atoms with Gasteiger partial charge in [-0.1, -0.05) is 0 Å². The van der Waals surface area contributed by atoms with Crippen LogP contribution in [0.15, 0.2) is 12.3 Å². The lowest BCUT2D eigenvalue weighted by molar-refractivity contribution is -0.124. The Kier molecular flexibility index (Phi) is 4.42. The summed E-state index contributed by atoms with van der Waals surface area (Å²) >= 11 is 0. The van der Waals surface area contributed by atoms with Crippen LogP contribution in [0.3, 0.4) is 0 Å². The van der Waals surface area contributed by atoms with E-state index in [4.69, 9.17) is 15.2 Å². The Hall–Kier alpha value is -1.89. The summed E-state index contributed by atoms with van der Waals surface area (Å²) in [6, 6.07) is 1.74. The second-order valence-electron chi connectivity index (χ2n) is 5.86. The van der Waals surface area contributed by atoms with Crippen LogP contribution in [-0.4, -0.2) is 48.8 Å². The molecule has 2 N–H and O–H groups in total. The van der Waals surface area contributed by atoms with Gasteiger partial charge in [-0.15, -0.1) is 0 Å². The molecule has 0 radical (unpaired) electrons. The first-order chi connectivity index (χ1) is 10.7. The van der Waals surface area contributed by atoms with Crippen molar-refractivity contribution >= 4 is 11.9 Å². The maximum Gasteiger partial charge on any atom is 0.228 e. The molecule has 7 nitrogen and oxygen atoms in total. The summed E-state index contributed by atoms with van der Waals surface area (Å²) in [5.74, 6) is 1.27. The summed E-state index contributed by atoms with van der Waals surface area (Å²) in [6.45, 7) is 2.34. The molecule has 0 spiro atoms. The van der Waals surface area contributed by atoms with Gasteiger partial charge in [0.15, 0.2) is 0 Å². The Morgan fingerprint density at radius 3 is 2.86 bits per heavy atom. The van der Waals surface area contributed by atoms with E-state index in [1.54, 1.807) is 19.4 Å². The molecule has 3 heterocycles. The lowest BCUT2D eigenvalue weighted by Gasteiger charge is -2.35. The fourth-order valence-corrected chi connectivity index (χ4v) is 3.41. The molecule has 0 unspecified atom stereocenters. The van der Waals surface area contributed by atoms with Gasteiger partial charge in [0.1, 0.15) is 0 Å². The van der Waals surface area contributed by atoms with E-state index in [2.05, 4.69) is 14.9 Å². The molecule has 0 aromatic carbocycles. The quantitative estimate of drug-likeness (QED) is 0.875. The van der Waals surface area contributed by atoms with Gasteiger partial charge in [-0.25, -0.2) is 4.98 Å². The minimum atomic E-state index is -0.235. The van der Waals surface area contributed by atoms with Crippen molar-refractivity contribution in [3.05, 3.63) is 12.3 Å². The number of hydrogen-bond acceptors (Lipinski definition) is 6. The molecule has 22 heavy (non-hydrogen) atoms. The zero-order valence-corrected chi connectivity index (χ0v) is 12.8. The topological polar surface area (TPSA) is 90.6 Å². The van der Waals surface area contributed by atoms with Gasteiger partial charge < -0.3 is 20.1 Å². The van der Waals surface area contributed by atoms with Crippen LogP contribution >= 0.6 is 0 Å². The van der Waals surface area contributed by atoms with Gasteiger partial charge >= 0.3 is 0 Å². The van der Waals surface area contributed by atoms with Crippen molar-refractivity contribution in [2.24, 2.45) is 17.6 Å². The number of carbonyl (C=O) groups excluding carboxylic acids is 1. The van der Waals surface area contributed by atoms with Gasteiger partial charge in [-0.2, -0.15) is 4.98 Å². The fourth-order valence-electron chi connectivity index (χ4n) is 3.41. The first-order valence-corrected chi connectivity index (χ1v) is 7.72. The first-order valence-electron chi connectivity index (χ1n) is 7.72. The number of nitrogens with two attached hydrogens (primary N) is 1. The maximum absolute atomic E-state index is 11.5. The Morgan fingerprint density at radius 2 is 2.18 bits per heavy atom. The SMILES string of the molecule is COc1ccnc(N2CCC([C@H]3OCC[C@@H]3C(N)=O)CC2)n1. The minimum Gasteiger partial charge on any atom is -0.481 e. The molecule has 2 aliphatic rings. The molecule has 2 fully saturated rings. The molecule has 3 rings (SSSR count). The van der Waals surface area contributed by atoms with Crippen molar-refractivity contribution in [2.45, 2.75) is 25.4 Å². The molecule has 2 aliphatic heterocycles. The van der Waals surface area contributed by atoms with E-state index in [9.17, 15) is 4.79 Å². The van der Waals surface area contributed by atoms with E-state index >= 15 is 0 Å². The number of amides is 1. The van der Waals surface area contributed by atoms with Crippen LogP contribution in [0.1, 0.15) is 19.3 Å². The summed E-state index contributed by atoms with van der Waals surface area (Å²) in [4.78, 5) is 22.3. The van der Waals surface area contributed by atoms with Crippen molar-refractivity contribution in [3.63, 3.8) is 0 Å². The van der Waals surface area contributed by atoms with Crippen LogP contribution < -0.4 is 15.4 Å². The molecule has 1 amide bonds. The second-order valence-corrected chi connectivity index (χ2v) is 5.86. The molecule has 1 aromatic rings. The smallest absolute Gasteiger partial charge is 0.228 e. The zero-order chi connectivity index (χ0) is 15.5. The number of hydrogen-bond donors (Lipinski definition) is 1. The number of nitrogens with zero attached hydrogens (tertiary/aromatic N) is 3. The predicted octanol–water partition coefficient (Wildman–Crippen LogP) is 0.592. The Bertz CT molecular complexity index is 531. The van der Waals surface area contributed by atoms with Crippen LogP contribution in [0.5, 0.6) is 5.88 Å². The van der Waals surface area contributed by atoms with E-state index in [1.165, 1.54) is 0 Å². The van der Waals surface area contributed by atoms with E-state index in [0.29, 0.717) is 24.4 Å². The minimum absolute atomic E-state index is 0.0223. The average molecular weight is 306 g/mol. The highest BCUT2D eigenvalue weighted by molar-refractivity contribution is 5.77. The Morgan fingerprint density at radius 1 is 1.41 bits per heavy atom. The second kappa shape index (κ2) is 6.48. The van der Waals surface area contributed by atoms with Crippen LogP contribution in [0.2, 0.25) is 0 Å². The summed E-state index contributed by atoms with van der Waals surface area (Å²) in [7, 11) is 1.60. The summed E-state index contributed by atoms with van der Waals surface area (Å²) in [5.41, 5.74) is 5.48. The first kappa shape index (κ1) is 15.0. The number of aromatic nitrogens is 2. The number of rotatable bonds is 4. The van der Waals surface area contributed by atoms with Crippen LogP contribution in [0, 0.1) is 11.8 Å². The largest absolute Gasteiger partial charge is 0.481 e. The summed E-state index contributed by atoms with van der Waals surface area (Å²) in [6.07, 6.45) is 4.34. The van der Waals surface area contributed by atoms with Gasteiger partial charge in [0.2, 0.25) is 17.7 Å². The normalized spacial score (nSPS) is 26.1. The van der Waals surface area contributed by atoms with Gasteiger partial charge in [0.25, 0.3) is 0 Å². The summed E-state index contributed by atoms with van der Waals surface area (Å²) in [5, 5.41) is 0. The number of primary amides is 1. The number of anilines is 1. The third-order valence-corrected chi connectivity index (χ3v) is 4.61. The monoisotopic (exact) mass is 306 g/mol. The maximum atomic E-state index is 11.5. The third-order valence-electron chi connectivity index (χ3n) is 4.61. The van der Waals surface area contributed by atoms with Gasteiger partial charge in [-0.3, -0.25) is 4.79 Å². The van der Waals surface area contributed by atoms with Crippen molar-refractivity contribution in [1.82, 2.24) is 9.97 Å². The summed E-state index contributed by atoms with van der Waals surface area (Å²) < 4.78 is 10.9. The molecular formula is C15H22N4O3. The van der Waals surface area contributed by atoms with Gasteiger partial charge in [0.05, 0.1) is 19.1 Å². The molecule has 1 aromatic heterocycles. The van der Waals surface area contributed by atoms with Gasteiger partial charge in [0, 0.05) is 32.0 Å². The average Bonchev–Trinajstić information content (AvgIpc) is 3.05. The number of methoxy groups -OCH3 is 1. The highest BCUT2D eigenvalue weighted by Gasteiger charge is 2.39. The standard InChI is InChI=1S/C15H22N4O3/c1-21-12-2-6-17-15(18-12)19-7-3-10(4-8-19)13-11(14(16)20)5-9-22-13/h2,6,10-11,13H,3-5,7-9H2,1H3,(H2,16,20)/t11-,13+/m0/s1. The molecule has 2 atom stereocenters. The Labute approximate surface area is 129 Å².